The molecule has 0 aliphatic carbocycles. The minimum atomic E-state index is -0.285. The number of hydrogen-bond donors (Lipinski definition) is 1. The smallest absolute Gasteiger partial charge is 0.244 e. The van der Waals surface area contributed by atoms with E-state index < -0.39 is 0 Å². The number of thioether (sulfide) groups is 1. The Morgan fingerprint density at radius 2 is 1.73 bits per heavy atom. The van der Waals surface area contributed by atoms with E-state index in [9.17, 15) is 9.59 Å². The summed E-state index contributed by atoms with van der Waals surface area (Å²) in [5, 5.41) is 2.54. The summed E-state index contributed by atoms with van der Waals surface area (Å²) >= 11 is 1.58. The van der Waals surface area contributed by atoms with E-state index in [4.69, 9.17) is 0 Å². The molecule has 0 bridgehead atoms. The first-order valence-corrected chi connectivity index (χ1v) is 9.62. The maximum absolute atomic E-state index is 13.1. The van der Waals surface area contributed by atoms with Crippen LogP contribution in [0.15, 0.2) is 35.2 Å². The molecular weight excluding hydrogens is 344 g/mol. The van der Waals surface area contributed by atoms with Gasteiger partial charge in [-0.1, -0.05) is 18.2 Å². The number of aryl methyl sites for hydroxylation is 2. The Bertz CT molecular complexity index is 866. The molecular formula is C21H24N2O2S. The van der Waals surface area contributed by atoms with Gasteiger partial charge in [-0.05, 0) is 69.0 Å². The molecule has 2 aromatic carbocycles. The molecule has 5 heteroatoms. The van der Waals surface area contributed by atoms with Crippen LogP contribution in [0.3, 0.4) is 0 Å². The van der Waals surface area contributed by atoms with E-state index in [1.54, 1.807) is 16.7 Å². The van der Waals surface area contributed by atoms with Crippen molar-refractivity contribution in [1.82, 2.24) is 0 Å². The third kappa shape index (κ3) is 3.36. The molecule has 1 atom stereocenters. The number of para-hydroxylation sites is 2. The molecule has 0 fully saturated rings. The average molecular weight is 369 g/mol. The summed E-state index contributed by atoms with van der Waals surface area (Å²) in [5.41, 5.74) is 6.35. The van der Waals surface area contributed by atoms with Gasteiger partial charge in [0.1, 0.15) is 6.54 Å². The lowest BCUT2D eigenvalue weighted by atomic mass is 10.0. The van der Waals surface area contributed by atoms with Crippen molar-refractivity contribution < 1.29 is 9.59 Å². The van der Waals surface area contributed by atoms with Gasteiger partial charge in [0.15, 0.2) is 0 Å². The normalized spacial score (nSPS) is 14.7. The quantitative estimate of drug-likeness (QED) is 0.818. The van der Waals surface area contributed by atoms with Crippen molar-refractivity contribution in [1.29, 1.82) is 0 Å². The zero-order valence-corrected chi connectivity index (χ0v) is 16.7. The number of nitrogens with zero attached hydrogens (tertiary/aromatic N) is 1. The minimum Gasteiger partial charge on any atom is -0.323 e. The first kappa shape index (κ1) is 18.5. The van der Waals surface area contributed by atoms with Crippen LogP contribution in [0.2, 0.25) is 0 Å². The number of amides is 2. The summed E-state index contributed by atoms with van der Waals surface area (Å²) in [5.74, 6) is -0.205. The Balaban J connectivity index is 1.89. The van der Waals surface area contributed by atoms with Gasteiger partial charge in [-0.2, -0.15) is 0 Å². The largest absolute Gasteiger partial charge is 0.323 e. The molecule has 1 aliphatic heterocycles. The average Bonchev–Trinajstić information content (AvgIpc) is 2.62. The van der Waals surface area contributed by atoms with E-state index in [1.165, 1.54) is 22.3 Å². The van der Waals surface area contributed by atoms with E-state index in [-0.39, 0.29) is 23.6 Å². The highest BCUT2D eigenvalue weighted by Gasteiger charge is 2.30. The maximum atomic E-state index is 13.1. The van der Waals surface area contributed by atoms with Crippen molar-refractivity contribution in [2.24, 2.45) is 0 Å². The molecule has 0 radical (unpaired) electrons. The Morgan fingerprint density at radius 1 is 1.12 bits per heavy atom. The molecule has 0 saturated heterocycles. The summed E-state index contributed by atoms with van der Waals surface area (Å²) in [4.78, 5) is 27.9. The second-order valence-electron chi connectivity index (χ2n) is 6.84. The van der Waals surface area contributed by atoms with Crippen molar-refractivity contribution in [2.45, 2.75) is 44.8 Å². The Morgan fingerprint density at radius 3 is 2.38 bits per heavy atom. The first-order valence-electron chi connectivity index (χ1n) is 8.74. The third-order valence-electron chi connectivity index (χ3n) is 4.98. The Hall–Kier alpha value is -2.27. The summed E-state index contributed by atoms with van der Waals surface area (Å²) in [6.45, 7) is 10.4. The summed E-state index contributed by atoms with van der Waals surface area (Å²) in [6, 6.07) is 9.62. The van der Waals surface area contributed by atoms with Crippen molar-refractivity contribution in [2.75, 3.05) is 16.8 Å². The summed E-state index contributed by atoms with van der Waals surface area (Å²) < 4.78 is 0. The van der Waals surface area contributed by atoms with Crippen LogP contribution in [-0.4, -0.2) is 23.6 Å². The summed E-state index contributed by atoms with van der Waals surface area (Å²) in [7, 11) is 0. The van der Waals surface area contributed by atoms with Crippen molar-refractivity contribution in [3.8, 4) is 0 Å². The van der Waals surface area contributed by atoms with Gasteiger partial charge in [-0.15, -0.1) is 11.8 Å². The lowest BCUT2D eigenvalue weighted by molar-refractivity contribution is -0.121. The molecule has 3 rings (SSSR count). The van der Waals surface area contributed by atoms with E-state index in [0.29, 0.717) is 5.69 Å². The first-order chi connectivity index (χ1) is 12.3. The van der Waals surface area contributed by atoms with E-state index in [1.807, 2.05) is 31.2 Å². The van der Waals surface area contributed by atoms with Crippen molar-refractivity contribution in [3.05, 3.63) is 52.6 Å². The second kappa shape index (κ2) is 7.16. The highest BCUT2D eigenvalue weighted by molar-refractivity contribution is 8.00. The van der Waals surface area contributed by atoms with E-state index >= 15 is 0 Å². The van der Waals surface area contributed by atoms with Gasteiger partial charge in [-0.25, -0.2) is 0 Å². The van der Waals surface area contributed by atoms with Crippen LogP contribution < -0.4 is 10.2 Å². The van der Waals surface area contributed by atoms with Crippen LogP contribution in [0.25, 0.3) is 0 Å². The number of nitrogens with one attached hydrogen (secondary N) is 1. The summed E-state index contributed by atoms with van der Waals surface area (Å²) in [6.07, 6.45) is 0. The molecule has 4 nitrogen and oxygen atoms in total. The molecule has 2 aromatic rings. The fraction of sp³-hybridized carbons (Fsp3) is 0.333. The van der Waals surface area contributed by atoms with Gasteiger partial charge >= 0.3 is 0 Å². The Kier molecular flexibility index (Phi) is 5.10. The predicted octanol–water partition coefficient (Wildman–Crippen LogP) is 4.39. The van der Waals surface area contributed by atoms with Gasteiger partial charge in [0.25, 0.3) is 0 Å². The molecule has 1 aliphatic rings. The second-order valence-corrected chi connectivity index (χ2v) is 8.19. The van der Waals surface area contributed by atoms with Gasteiger partial charge in [0, 0.05) is 4.90 Å². The number of benzene rings is 2. The zero-order valence-electron chi connectivity index (χ0n) is 15.8. The number of anilines is 2. The lowest BCUT2D eigenvalue weighted by Gasteiger charge is -2.31. The highest BCUT2D eigenvalue weighted by Crippen LogP contribution is 2.36. The van der Waals surface area contributed by atoms with Crippen LogP contribution >= 0.6 is 11.8 Å². The topological polar surface area (TPSA) is 49.4 Å². The predicted molar refractivity (Wildman–Crippen MR) is 108 cm³/mol. The molecule has 1 N–H and O–H groups in total. The highest BCUT2D eigenvalue weighted by atomic mass is 32.2. The molecule has 0 spiro atoms. The molecule has 1 heterocycles. The number of carbonyl (C=O) groups excluding carboxylic acids is 2. The van der Waals surface area contributed by atoms with Crippen LogP contribution in [0.5, 0.6) is 0 Å². The van der Waals surface area contributed by atoms with E-state index in [2.05, 4.69) is 39.1 Å². The molecule has 0 saturated carbocycles. The fourth-order valence-electron chi connectivity index (χ4n) is 3.23. The van der Waals surface area contributed by atoms with Crippen LogP contribution in [0, 0.1) is 27.7 Å². The number of carbonyl (C=O) groups is 2. The molecule has 26 heavy (non-hydrogen) atoms. The van der Waals surface area contributed by atoms with Gasteiger partial charge in [0.2, 0.25) is 11.8 Å². The van der Waals surface area contributed by atoms with Gasteiger partial charge in [0.05, 0.1) is 16.6 Å². The molecule has 2 amide bonds. The minimum absolute atomic E-state index is 0.0461. The lowest BCUT2D eigenvalue weighted by Crippen LogP contribution is -2.45. The number of rotatable bonds is 3. The van der Waals surface area contributed by atoms with E-state index in [0.717, 1.165) is 10.6 Å². The third-order valence-corrected chi connectivity index (χ3v) is 6.38. The van der Waals surface area contributed by atoms with Crippen LogP contribution in [0.1, 0.15) is 29.2 Å². The van der Waals surface area contributed by atoms with Crippen LogP contribution in [0.4, 0.5) is 11.4 Å². The van der Waals surface area contributed by atoms with Crippen molar-refractivity contribution >= 4 is 35.0 Å². The molecule has 1 unspecified atom stereocenters. The zero-order chi connectivity index (χ0) is 19.0. The monoisotopic (exact) mass is 368 g/mol. The molecule has 0 aromatic heterocycles. The van der Waals surface area contributed by atoms with Gasteiger partial charge in [-0.3, -0.25) is 14.5 Å². The number of hydrogen-bond acceptors (Lipinski definition) is 3. The van der Waals surface area contributed by atoms with Crippen LogP contribution in [-0.2, 0) is 9.59 Å². The SMILES string of the molecule is Cc1cc(C)c(C)c(SC(C)C(=O)N2CC(=O)Nc3ccccc32)c1C. The fourth-order valence-corrected chi connectivity index (χ4v) is 4.49. The standard InChI is InChI=1S/C21H24N2O2S/c1-12-10-13(2)15(4)20(14(12)3)26-16(5)21(25)23-11-19(24)22-17-8-6-7-9-18(17)23/h6-10,16H,11H2,1-5H3,(H,22,24). The van der Waals surface area contributed by atoms with Crippen molar-refractivity contribution in [3.63, 3.8) is 0 Å². The molecule has 136 valence electrons. The maximum Gasteiger partial charge on any atom is 0.244 e. The number of fused-ring (bicyclic) bond motifs is 1. The van der Waals surface area contributed by atoms with Gasteiger partial charge < -0.3 is 5.32 Å². The Labute approximate surface area is 159 Å².